The van der Waals surface area contributed by atoms with Gasteiger partial charge in [0.05, 0.1) is 0 Å². The Hall–Kier alpha value is -0.690. The van der Waals surface area contributed by atoms with Gasteiger partial charge in [-0.15, -0.1) is 11.6 Å². The van der Waals surface area contributed by atoms with Gasteiger partial charge in [-0.3, -0.25) is 0 Å². The number of fused-ring (bicyclic) bond motifs is 1. The molecular weight excluding hydrogens is 280 g/mol. The fourth-order valence-electron chi connectivity index (χ4n) is 4.16. The van der Waals surface area contributed by atoms with E-state index in [-0.39, 0.29) is 0 Å². The van der Waals surface area contributed by atoms with Crippen LogP contribution in [0.15, 0.2) is 18.2 Å². The minimum atomic E-state index is 0.341. The highest BCUT2D eigenvalue weighted by molar-refractivity contribution is 6.20. The first-order valence-corrected chi connectivity index (χ1v) is 8.99. The van der Waals surface area contributed by atoms with Gasteiger partial charge in [0.15, 0.2) is 0 Å². The van der Waals surface area contributed by atoms with E-state index >= 15 is 0 Å². The number of alkyl halides is 1. The van der Waals surface area contributed by atoms with Crippen LogP contribution in [0.25, 0.3) is 0 Å². The molecular formula is C19H27ClO. The average molecular weight is 307 g/mol. The molecule has 1 nitrogen and oxygen atoms in total. The van der Waals surface area contributed by atoms with Crippen LogP contribution < -0.4 is 4.74 Å². The molecule has 0 N–H and O–H groups in total. The van der Waals surface area contributed by atoms with E-state index in [2.05, 4.69) is 32.0 Å². The zero-order valence-electron chi connectivity index (χ0n) is 13.3. The normalized spacial score (nSPS) is 31.8. The Morgan fingerprint density at radius 1 is 1.29 bits per heavy atom. The molecule has 116 valence electrons. The molecule has 0 radical (unpaired) electrons. The maximum absolute atomic E-state index is 6.61. The van der Waals surface area contributed by atoms with Crippen LogP contribution in [0, 0.1) is 18.8 Å². The average Bonchev–Trinajstić information content (AvgIpc) is 2.84. The van der Waals surface area contributed by atoms with E-state index in [1.54, 1.807) is 0 Å². The summed E-state index contributed by atoms with van der Waals surface area (Å²) in [5.41, 5.74) is 2.71. The second kappa shape index (κ2) is 6.60. The highest BCUT2D eigenvalue weighted by atomic mass is 35.5. The zero-order chi connectivity index (χ0) is 14.8. The molecule has 2 aliphatic rings. The van der Waals surface area contributed by atoms with Crippen molar-refractivity contribution >= 4 is 11.6 Å². The van der Waals surface area contributed by atoms with E-state index < -0.39 is 0 Å². The molecule has 4 unspecified atom stereocenters. The second-order valence-electron chi connectivity index (χ2n) is 7.03. The molecule has 1 aromatic rings. The zero-order valence-corrected chi connectivity index (χ0v) is 14.0. The molecule has 1 fully saturated rings. The Morgan fingerprint density at radius 3 is 2.95 bits per heavy atom. The van der Waals surface area contributed by atoms with Crippen molar-refractivity contribution in [2.45, 2.75) is 70.3 Å². The van der Waals surface area contributed by atoms with Gasteiger partial charge in [0.2, 0.25) is 0 Å². The summed E-state index contributed by atoms with van der Waals surface area (Å²) in [5, 5.41) is 0.354. The van der Waals surface area contributed by atoms with Gasteiger partial charge in [0.25, 0.3) is 0 Å². The quantitative estimate of drug-likeness (QED) is 0.666. The van der Waals surface area contributed by atoms with Crippen molar-refractivity contribution in [2.75, 3.05) is 0 Å². The maximum Gasteiger partial charge on any atom is 0.123 e. The van der Waals surface area contributed by atoms with Crippen molar-refractivity contribution in [3.8, 4) is 5.75 Å². The molecule has 0 aromatic heterocycles. The lowest BCUT2D eigenvalue weighted by Crippen LogP contribution is -2.30. The second-order valence-corrected chi connectivity index (χ2v) is 7.60. The van der Waals surface area contributed by atoms with E-state index in [9.17, 15) is 0 Å². The summed E-state index contributed by atoms with van der Waals surface area (Å²) in [6, 6.07) is 6.54. The Labute approximate surface area is 134 Å². The number of halogens is 1. The lowest BCUT2D eigenvalue weighted by atomic mass is 9.76. The van der Waals surface area contributed by atoms with Gasteiger partial charge in [-0.1, -0.05) is 37.5 Å². The molecule has 0 bridgehead atoms. The Bertz CT molecular complexity index is 484. The minimum absolute atomic E-state index is 0.341. The van der Waals surface area contributed by atoms with Crippen LogP contribution in [-0.4, -0.2) is 11.5 Å². The van der Waals surface area contributed by atoms with Crippen molar-refractivity contribution in [3.05, 3.63) is 29.3 Å². The predicted octanol–water partition coefficient (Wildman–Crippen LogP) is 5.51. The van der Waals surface area contributed by atoms with Crippen molar-refractivity contribution < 1.29 is 4.74 Å². The van der Waals surface area contributed by atoms with Crippen molar-refractivity contribution in [2.24, 2.45) is 11.8 Å². The molecule has 1 saturated carbocycles. The number of aryl methyl sites for hydroxylation is 1. The first-order valence-electron chi connectivity index (χ1n) is 8.56. The SMILES string of the molecule is CCCC1CCC(Cl)C(CC2Cc3cc(C)ccc3O2)C1. The summed E-state index contributed by atoms with van der Waals surface area (Å²) >= 11 is 6.61. The first kappa shape index (κ1) is 15.2. The summed E-state index contributed by atoms with van der Waals surface area (Å²) < 4.78 is 6.15. The van der Waals surface area contributed by atoms with Gasteiger partial charge >= 0.3 is 0 Å². The number of hydrogen-bond acceptors (Lipinski definition) is 1. The molecule has 1 aliphatic heterocycles. The van der Waals surface area contributed by atoms with Crippen LogP contribution in [0.1, 0.15) is 56.6 Å². The van der Waals surface area contributed by atoms with E-state index in [1.165, 1.54) is 43.2 Å². The topological polar surface area (TPSA) is 9.23 Å². The van der Waals surface area contributed by atoms with Crippen LogP contribution in [0.3, 0.4) is 0 Å². The maximum atomic E-state index is 6.61. The Morgan fingerprint density at radius 2 is 2.14 bits per heavy atom. The Kier molecular flexibility index (Phi) is 4.78. The molecule has 1 heterocycles. The third kappa shape index (κ3) is 3.56. The summed E-state index contributed by atoms with van der Waals surface area (Å²) in [4.78, 5) is 0. The summed E-state index contributed by atoms with van der Waals surface area (Å²) in [7, 11) is 0. The van der Waals surface area contributed by atoms with Gasteiger partial charge in [-0.2, -0.15) is 0 Å². The van der Waals surface area contributed by atoms with E-state index in [1.807, 2.05) is 0 Å². The van der Waals surface area contributed by atoms with Gasteiger partial charge in [-0.25, -0.2) is 0 Å². The number of benzene rings is 1. The standard InChI is InChI=1S/C19H27ClO/c1-3-4-14-6-7-18(20)15(10-14)11-17-12-16-9-13(2)5-8-19(16)21-17/h5,8-9,14-15,17-18H,3-4,6-7,10-12H2,1-2H3. The minimum Gasteiger partial charge on any atom is -0.490 e. The summed E-state index contributed by atoms with van der Waals surface area (Å²) in [6.45, 7) is 4.44. The summed E-state index contributed by atoms with van der Waals surface area (Å²) in [6.07, 6.45) is 9.02. The molecule has 1 aliphatic carbocycles. The highest BCUT2D eigenvalue weighted by Crippen LogP contribution is 2.40. The van der Waals surface area contributed by atoms with Gasteiger partial charge in [0, 0.05) is 11.8 Å². The molecule has 21 heavy (non-hydrogen) atoms. The molecule has 2 heteroatoms. The van der Waals surface area contributed by atoms with Crippen LogP contribution in [-0.2, 0) is 6.42 Å². The molecule has 4 atom stereocenters. The van der Waals surface area contributed by atoms with Crippen LogP contribution in [0.4, 0.5) is 0 Å². The fraction of sp³-hybridized carbons (Fsp3) is 0.684. The molecule has 0 spiro atoms. The Balaban J connectivity index is 1.59. The van der Waals surface area contributed by atoms with E-state index in [4.69, 9.17) is 16.3 Å². The van der Waals surface area contributed by atoms with Gasteiger partial charge < -0.3 is 4.74 Å². The lowest BCUT2D eigenvalue weighted by molar-refractivity contribution is 0.157. The third-order valence-corrected chi connectivity index (χ3v) is 5.79. The van der Waals surface area contributed by atoms with Gasteiger partial charge in [0.1, 0.15) is 11.9 Å². The molecule has 3 rings (SSSR count). The third-order valence-electron chi connectivity index (χ3n) is 5.22. The number of ether oxygens (including phenoxy) is 1. The monoisotopic (exact) mass is 306 g/mol. The van der Waals surface area contributed by atoms with Crippen molar-refractivity contribution in [1.82, 2.24) is 0 Å². The van der Waals surface area contributed by atoms with E-state index in [0.29, 0.717) is 17.4 Å². The largest absolute Gasteiger partial charge is 0.490 e. The molecule has 1 aromatic carbocycles. The predicted molar refractivity (Wildman–Crippen MR) is 89.3 cm³/mol. The number of rotatable bonds is 4. The fourth-order valence-corrected chi connectivity index (χ4v) is 4.49. The van der Waals surface area contributed by atoms with Crippen molar-refractivity contribution in [3.63, 3.8) is 0 Å². The van der Waals surface area contributed by atoms with Crippen molar-refractivity contribution in [1.29, 1.82) is 0 Å². The highest BCUT2D eigenvalue weighted by Gasteiger charge is 2.33. The van der Waals surface area contributed by atoms with Crippen LogP contribution in [0.5, 0.6) is 5.75 Å². The number of hydrogen-bond donors (Lipinski definition) is 0. The summed E-state index contributed by atoms with van der Waals surface area (Å²) in [5.74, 6) is 2.62. The van der Waals surface area contributed by atoms with Gasteiger partial charge in [-0.05, 0) is 56.1 Å². The first-order chi connectivity index (χ1) is 10.2. The smallest absolute Gasteiger partial charge is 0.123 e. The molecule has 0 saturated heterocycles. The lowest BCUT2D eigenvalue weighted by Gasteiger charge is -2.34. The molecule has 0 amide bonds. The van der Waals surface area contributed by atoms with Crippen LogP contribution in [0.2, 0.25) is 0 Å². The van der Waals surface area contributed by atoms with E-state index in [0.717, 1.165) is 24.5 Å². The van der Waals surface area contributed by atoms with Crippen LogP contribution >= 0.6 is 11.6 Å².